The summed E-state index contributed by atoms with van der Waals surface area (Å²) in [4.78, 5) is 6.84. The van der Waals surface area contributed by atoms with E-state index in [1.54, 1.807) is 12.1 Å². The Hall–Kier alpha value is -2.12. The van der Waals surface area contributed by atoms with Gasteiger partial charge < -0.3 is 5.01 Å². The lowest BCUT2D eigenvalue weighted by molar-refractivity contribution is -0.137. The van der Waals surface area contributed by atoms with Crippen LogP contribution in [0, 0.1) is 0 Å². The highest BCUT2D eigenvalue weighted by Gasteiger charge is 2.34. The number of hydrazine groups is 1. The number of nitrogens with zero attached hydrogens (tertiary/aromatic N) is 3. The van der Waals surface area contributed by atoms with E-state index in [9.17, 15) is 13.2 Å². The van der Waals surface area contributed by atoms with Crippen molar-refractivity contribution in [2.75, 3.05) is 19.6 Å². The Bertz CT molecular complexity index is 778. The molecule has 4 nitrogen and oxygen atoms in total. The molecule has 2 aliphatic heterocycles. The Morgan fingerprint density at radius 1 is 1.25 bits per heavy atom. The van der Waals surface area contributed by atoms with Crippen molar-refractivity contribution < 1.29 is 13.2 Å². The lowest BCUT2D eigenvalue weighted by Gasteiger charge is -2.35. The van der Waals surface area contributed by atoms with Gasteiger partial charge in [0.25, 0.3) is 0 Å². The van der Waals surface area contributed by atoms with E-state index in [1.807, 2.05) is 19.2 Å². The van der Waals surface area contributed by atoms with Crippen molar-refractivity contribution in [1.29, 1.82) is 0 Å². The van der Waals surface area contributed by atoms with Crippen LogP contribution in [-0.2, 0) is 12.7 Å². The van der Waals surface area contributed by atoms with Gasteiger partial charge in [0.05, 0.1) is 17.3 Å². The maximum Gasteiger partial charge on any atom is 0.416 e. The third-order valence-electron chi connectivity index (χ3n) is 5.21. The first-order chi connectivity index (χ1) is 13.3. The summed E-state index contributed by atoms with van der Waals surface area (Å²) < 4.78 is 38.2. The molecule has 0 radical (unpaired) electrons. The summed E-state index contributed by atoms with van der Waals surface area (Å²) in [5.74, 6) is 0. The molecule has 2 aliphatic rings. The first kappa shape index (κ1) is 20.6. The molecule has 0 saturated carbocycles. The first-order valence-electron chi connectivity index (χ1n) is 9.64. The van der Waals surface area contributed by atoms with Gasteiger partial charge in [0.2, 0.25) is 0 Å². The number of piperazine rings is 1. The predicted molar refractivity (Wildman–Crippen MR) is 106 cm³/mol. The van der Waals surface area contributed by atoms with Crippen molar-refractivity contribution in [1.82, 2.24) is 15.3 Å². The second-order valence-electron chi connectivity index (χ2n) is 7.18. The highest BCUT2D eigenvalue weighted by atomic mass is 19.4. The van der Waals surface area contributed by atoms with E-state index in [0.717, 1.165) is 49.4 Å². The fraction of sp³-hybridized carbons (Fsp3) is 0.476. The van der Waals surface area contributed by atoms with E-state index in [-0.39, 0.29) is 6.04 Å². The van der Waals surface area contributed by atoms with Gasteiger partial charge in [0.1, 0.15) is 0 Å². The Morgan fingerprint density at radius 2 is 1.96 bits per heavy atom. The van der Waals surface area contributed by atoms with Gasteiger partial charge >= 0.3 is 6.18 Å². The van der Waals surface area contributed by atoms with Crippen molar-refractivity contribution in [2.24, 2.45) is 4.99 Å². The number of nitrogens with one attached hydrogen (secondary N) is 1. The van der Waals surface area contributed by atoms with E-state index in [4.69, 9.17) is 0 Å². The molecule has 7 heteroatoms. The summed E-state index contributed by atoms with van der Waals surface area (Å²) in [7, 11) is 0. The number of halogens is 3. The molecule has 2 heterocycles. The lowest BCUT2D eigenvalue weighted by Crippen LogP contribution is -2.48. The Kier molecular flexibility index (Phi) is 6.25. The fourth-order valence-electron chi connectivity index (χ4n) is 3.64. The van der Waals surface area contributed by atoms with Crippen LogP contribution in [0.25, 0.3) is 0 Å². The van der Waals surface area contributed by atoms with Crippen LogP contribution in [-0.4, -0.2) is 41.8 Å². The number of allylic oxidation sites excluding steroid dienone is 1. The van der Waals surface area contributed by atoms with E-state index in [0.29, 0.717) is 6.54 Å². The van der Waals surface area contributed by atoms with Gasteiger partial charge in [-0.25, -0.2) is 5.43 Å². The summed E-state index contributed by atoms with van der Waals surface area (Å²) >= 11 is 0. The molecule has 1 atom stereocenters. The molecule has 1 fully saturated rings. The van der Waals surface area contributed by atoms with Crippen molar-refractivity contribution >= 4 is 6.21 Å². The van der Waals surface area contributed by atoms with Crippen molar-refractivity contribution in [3.05, 3.63) is 58.4 Å². The Morgan fingerprint density at radius 3 is 2.57 bits per heavy atom. The average molecular weight is 392 g/mol. The van der Waals surface area contributed by atoms with Crippen LogP contribution < -0.4 is 5.43 Å². The molecule has 3 rings (SSSR count). The standard InChI is InChI=1S/C21H27F3N4/c1-4-10-25-18(5-2)20-15(3)19-14-27(11-12-28(19)26-20)13-16-6-8-17(9-7-16)21(22,23)24/h5-10,20,26H,4,11-14H2,1-3H3/b18-5-,25-10?. The number of hydrogen-bond donors (Lipinski definition) is 1. The first-order valence-corrected chi connectivity index (χ1v) is 9.64. The van der Waals surface area contributed by atoms with E-state index in [1.165, 1.54) is 11.3 Å². The normalized spacial score (nSPS) is 21.7. The molecule has 1 aromatic rings. The third kappa shape index (κ3) is 4.47. The minimum Gasteiger partial charge on any atom is -0.309 e. The van der Waals surface area contributed by atoms with Crippen LogP contribution in [0.2, 0.25) is 0 Å². The smallest absolute Gasteiger partial charge is 0.309 e. The highest BCUT2D eigenvalue weighted by molar-refractivity contribution is 5.59. The zero-order valence-corrected chi connectivity index (χ0v) is 16.6. The number of rotatable bonds is 5. The molecule has 0 spiro atoms. The zero-order valence-electron chi connectivity index (χ0n) is 16.6. The van der Waals surface area contributed by atoms with Gasteiger partial charge in [-0.15, -0.1) is 0 Å². The van der Waals surface area contributed by atoms with Crippen molar-refractivity contribution in [3.8, 4) is 0 Å². The molecule has 28 heavy (non-hydrogen) atoms. The molecule has 152 valence electrons. The monoisotopic (exact) mass is 392 g/mol. The molecule has 0 amide bonds. The molecule has 1 saturated heterocycles. The number of hydrogen-bond acceptors (Lipinski definition) is 4. The lowest BCUT2D eigenvalue weighted by atomic mass is 10.0. The van der Waals surface area contributed by atoms with Crippen LogP contribution >= 0.6 is 0 Å². The minimum atomic E-state index is -4.29. The number of alkyl halides is 3. The molecule has 1 unspecified atom stereocenters. The number of fused-ring (bicyclic) bond motifs is 1. The van der Waals surface area contributed by atoms with Crippen molar-refractivity contribution in [2.45, 2.75) is 46.0 Å². The topological polar surface area (TPSA) is 30.9 Å². The SMILES string of the molecule is C/C=C(\N=CCC)C1NN2CCN(Cc3ccc(C(F)(F)F)cc3)CC2=C1C. The average Bonchev–Trinajstić information content (AvgIpc) is 2.99. The second-order valence-corrected chi connectivity index (χ2v) is 7.18. The van der Waals surface area contributed by atoms with Crippen LogP contribution in [0.1, 0.15) is 38.3 Å². The molecule has 0 aliphatic carbocycles. The number of benzene rings is 1. The van der Waals surface area contributed by atoms with E-state index < -0.39 is 11.7 Å². The molecule has 1 N–H and O–H groups in total. The molecule has 1 aromatic carbocycles. The summed E-state index contributed by atoms with van der Waals surface area (Å²) in [6.07, 6.45) is 0.557. The highest BCUT2D eigenvalue weighted by Crippen LogP contribution is 2.31. The van der Waals surface area contributed by atoms with Crippen LogP contribution in [0.3, 0.4) is 0 Å². The van der Waals surface area contributed by atoms with Gasteiger partial charge in [0.15, 0.2) is 0 Å². The summed E-state index contributed by atoms with van der Waals surface area (Å²) in [6.45, 7) is 9.27. The predicted octanol–water partition coefficient (Wildman–Crippen LogP) is 4.37. The van der Waals surface area contributed by atoms with E-state index in [2.05, 4.69) is 34.2 Å². The Balaban J connectivity index is 1.69. The zero-order chi connectivity index (χ0) is 20.3. The summed E-state index contributed by atoms with van der Waals surface area (Å²) in [6, 6.07) is 5.54. The van der Waals surface area contributed by atoms with E-state index >= 15 is 0 Å². The molecular formula is C21H27F3N4. The van der Waals surface area contributed by atoms with Crippen LogP contribution in [0.5, 0.6) is 0 Å². The van der Waals surface area contributed by atoms with Gasteiger partial charge in [-0.1, -0.05) is 25.1 Å². The minimum absolute atomic E-state index is 0.0776. The van der Waals surface area contributed by atoms with Crippen LogP contribution in [0.15, 0.2) is 52.3 Å². The Labute approximate surface area is 164 Å². The quantitative estimate of drug-likeness (QED) is 0.755. The number of aliphatic imine (C=N–C) groups is 1. The second kappa shape index (κ2) is 8.49. The summed E-state index contributed by atoms with van der Waals surface area (Å²) in [5, 5.41) is 2.19. The maximum atomic E-state index is 12.7. The molecule has 0 aromatic heterocycles. The summed E-state index contributed by atoms with van der Waals surface area (Å²) in [5.41, 5.74) is 7.32. The molecule has 0 bridgehead atoms. The van der Waals surface area contributed by atoms with Gasteiger partial charge in [-0.2, -0.15) is 13.2 Å². The maximum absolute atomic E-state index is 12.7. The molecular weight excluding hydrogens is 365 g/mol. The van der Waals surface area contributed by atoms with Gasteiger partial charge in [0, 0.05) is 38.1 Å². The van der Waals surface area contributed by atoms with Crippen molar-refractivity contribution in [3.63, 3.8) is 0 Å². The van der Waals surface area contributed by atoms with Crippen LogP contribution in [0.4, 0.5) is 13.2 Å². The van der Waals surface area contributed by atoms with Gasteiger partial charge in [-0.05, 0) is 43.5 Å². The largest absolute Gasteiger partial charge is 0.416 e. The fourth-order valence-corrected chi connectivity index (χ4v) is 3.64. The van der Waals surface area contributed by atoms with Gasteiger partial charge in [-0.3, -0.25) is 9.89 Å². The third-order valence-corrected chi connectivity index (χ3v) is 5.21.